The second-order valence-electron chi connectivity index (χ2n) is 5.05. The van der Waals surface area contributed by atoms with Crippen molar-refractivity contribution in [2.24, 2.45) is 0 Å². The quantitative estimate of drug-likeness (QED) is 0.819. The molecule has 0 aliphatic carbocycles. The second kappa shape index (κ2) is 7.71. The van der Waals surface area contributed by atoms with Crippen molar-refractivity contribution in [3.05, 3.63) is 40.1 Å². The molecule has 2 rings (SSSR count). The molecule has 0 spiro atoms. The summed E-state index contributed by atoms with van der Waals surface area (Å²) in [4.78, 5) is 0. The van der Waals surface area contributed by atoms with Crippen LogP contribution in [0.2, 0.25) is 0 Å². The van der Waals surface area contributed by atoms with Crippen molar-refractivity contribution >= 4 is 15.9 Å². The molecule has 1 N–H and O–H groups in total. The van der Waals surface area contributed by atoms with Crippen molar-refractivity contribution in [2.45, 2.75) is 46.1 Å². The maximum Gasteiger partial charge on any atom is 0.103 e. The van der Waals surface area contributed by atoms with Crippen LogP contribution in [0.15, 0.2) is 28.7 Å². The van der Waals surface area contributed by atoms with Gasteiger partial charge >= 0.3 is 0 Å². The summed E-state index contributed by atoms with van der Waals surface area (Å²) in [6.45, 7) is 7.52. The Morgan fingerprint density at radius 2 is 2.00 bits per heavy atom. The highest BCUT2D eigenvalue weighted by Gasteiger charge is 2.20. The maximum atomic E-state index is 4.46. The van der Waals surface area contributed by atoms with Gasteiger partial charge in [-0.2, -0.15) is 0 Å². The fraction of sp³-hybridized carbons (Fsp3) is 0.500. The third kappa shape index (κ3) is 3.52. The van der Waals surface area contributed by atoms with Crippen LogP contribution < -0.4 is 5.32 Å². The van der Waals surface area contributed by atoms with E-state index in [1.807, 2.05) is 22.9 Å². The molecule has 5 heteroatoms. The molecule has 0 fully saturated rings. The van der Waals surface area contributed by atoms with Crippen molar-refractivity contribution in [1.82, 2.24) is 20.3 Å². The number of rotatable bonds is 7. The van der Waals surface area contributed by atoms with Gasteiger partial charge in [-0.15, -0.1) is 5.10 Å². The number of benzene rings is 1. The molecule has 1 aromatic heterocycles. The van der Waals surface area contributed by atoms with Gasteiger partial charge in [0, 0.05) is 4.47 Å². The fourth-order valence-electron chi connectivity index (χ4n) is 2.48. The van der Waals surface area contributed by atoms with Crippen LogP contribution in [0.5, 0.6) is 0 Å². The highest BCUT2D eigenvalue weighted by Crippen LogP contribution is 2.25. The zero-order valence-electron chi connectivity index (χ0n) is 12.9. The molecule has 114 valence electrons. The lowest BCUT2D eigenvalue weighted by molar-refractivity contribution is 0.503. The topological polar surface area (TPSA) is 42.7 Å². The van der Waals surface area contributed by atoms with Crippen molar-refractivity contribution in [1.29, 1.82) is 0 Å². The molecule has 1 atom stereocenters. The Balaban J connectivity index is 2.40. The monoisotopic (exact) mass is 350 g/mol. The molecule has 0 saturated carbocycles. The van der Waals surface area contributed by atoms with Gasteiger partial charge in [0.05, 0.1) is 17.4 Å². The normalized spacial score (nSPS) is 12.6. The third-order valence-electron chi connectivity index (χ3n) is 3.59. The predicted octanol–water partition coefficient (Wildman–Crippen LogP) is 4.04. The number of hydrogen-bond donors (Lipinski definition) is 1. The van der Waals surface area contributed by atoms with Gasteiger partial charge in [-0.25, -0.2) is 4.68 Å². The molecule has 2 aromatic rings. The highest BCUT2D eigenvalue weighted by molar-refractivity contribution is 9.10. The summed E-state index contributed by atoms with van der Waals surface area (Å²) in [6.07, 6.45) is 3.05. The molecule has 0 amide bonds. The molecule has 1 aromatic carbocycles. The first kappa shape index (κ1) is 16.2. The molecule has 0 aliphatic heterocycles. The van der Waals surface area contributed by atoms with E-state index < -0.39 is 0 Å². The van der Waals surface area contributed by atoms with Crippen LogP contribution in [0, 0.1) is 0 Å². The van der Waals surface area contributed by atoms with Gasteiger partial charge < -0.3 is 5.32 Å². The number of aromatic nitrogens is 3. The van der Waals surface area contributed by atoms with Crippen LogP contribution in [0.25, 0.3) is 5.69 Å². The average molecular weight is 351 g/mol. The minimum atomic E-state index is 0.274. The summed E-state index contributed by atoms with van der Waals surface area (Å²) < 4.78 is 2.99. The molecular weight excluding hydrogens is 328 g/mol. The van der Waals surface area contributed by atoms with Crippen LogP contribution in [0.4, 0.5) is 0 Å². The van der Waals surface area contributed by atoms with E-state index in [1.54, 1.807) is 0 Å². The molecule has 4 nitrogen and oxygen atoms in total. The van der Waals surface area contributed by atoms with Crippen LogP contribution in [-0.4, -0.2) is 21.5 Å². The standard InChI is InChI=1S/C16H23BrN4/c1-4-11-18-13(5-2)16-14(6-3)21(20-19-16)15-10-8-7-9-12(15)17/h7-10,13,18H,4-6,11H2,1-3H3. The third-order valence-corrected chi connectivity index (χ3v) is 4.26. The van der Waals surface area contributed by atoms with E-state index in [0.717, 1.165) is 41.7 Å². The second-order valence-corrected chi connectivity index (χ2v) is 5.91. The van der Waals surface area contributed by atoms with Crippen molar-refractivity contribution in [2.75, 3.05) is 6.54 Å². The largest absolute Gasteiger partial charge is 0.309 e. The van der Waals surface area contributed by atoms with E-state index in [1.165, 1.54) is 5.69 Å². The van der Waals surface area contributed by atoms with Crippen LogP contribution in [0.3, 0.4) is 0 Å². The van der Waals surface area contributed by atoms with Crippen molar-refractivity contribution < 1.29 is 0 Å². The SMILES string of the molecule is CCCNC(CC)c1nnn(-c2ccccc2Br)c1CC. The summed E-state index contributed by atoms with van der Waals surface area (Å²) in [5.41, 5.74) is 3.29. The van der Waals surface area contributed by atoms with E-state index in [4.69, 9.17) is 0 Å². The zero-order chi connectivity index (χ0) is 15.2. The molecule has 0 aliphatic rings. The lowest BCUT2D eigenvalue weighted by Crippen LogP contribution is -2.23. The van der Waals surface area contributed by atoms with Gasteiger partial charge in [-0.3, -0.25) is 0 Å². The molecule has 21 heavy (non-hydrogen) atoms. The molecular formula is C16H23BrN4. The highest BCUT2D eigenvalue weighted by atomic mass is 79.9. The van der Waals surface area contributed by atoms with E-state index in [9.17, 15) is 0 Å². The average Bonchev–Trinajstić information content (AvgIpc) is 2.92. The van der Waals surface area contributed by atoms with Gasteiger partial charge in [0.1, 0.15) is 5.69 Å². The van der Waals surface area contributed by atoms with E-state index in [2.05, 4.69) is 58.4 Å². The Labute approximate surface area is 135 Å². The van der Waals surface area contributed by atoms with Gasteiger partial charge in [0.2, 0.25) is 0 Å². The van der Waals surface area contributed by atoms with Gasteiger partial charge in [0.15, 0.2) is 0 Å². The summed E-state index contributed by atoms with van der Waals surface area (Å²) in [5.74, 6) is 0. The number of halogens is 1. The summed E-state index contributed by atoms with van der Waals surface area (Å²) in [5, 5.41) is 12.4. The van der Waals surface area contributed by atoms with Gasteiger partial charge in [-0.1, -0.05) is 38.1 Å². The first-order chi connectivity index (χ1) is 10.2. The molecule has 1 heterocycles. The minimum absolute atomic E-state index is 0.274. The summed E-state index contributed by atoms with van der Waals surface area (Å²) in [6, 6.07) is 8.39. The number of nitrogens with zero attached hydrogens (tertiary/aromatic N) is 3. The molecule has 1 unspecified atom stereocenters. The molecule has 0 radical (unpaired) electrons. The zero-order valence-corrected chi connectivity index (χ0v) is 14.5. The Morgan fingerprint density at radius 3 is 2.62 bits per heavy atom. The molecule has 0 saturated heterocycles. The Hall–Kier alpha value is -1.20. The van der Waals surface area contributed by atoms with Crippen LogP contribution in [-0.2, 0) is 6.42 Å². The predicted molar refractivity (Wildman–Crippen MR) is 89.8 cm³/mol. The van der Waals surface area contributed by atoms with Crippen LogP contribution >= 0.6 is 15.9 Å². The van der Waals surface area contributed by atoms with Crippen molar-refractivity contribution in [3.8, 4) is 5.69 Å². The van der Waals surface area contributed by atoms with E-state index in [0.29, 0.717) is 0 Å². The lowest BCUT2D eigenvalue weighted by atomic mass is 10.1. The minimum Gasteiger partial charge on any atom is -0.309 e. The van der Waals surface area contributed by atoms with E-state index >= 15 is 0 Å². The number of para-hydroxylation sites is 1. The Morgan fingerprint density at radius 1 is 1.24 bits per heavy atom. The van der Waals surface area contributed by atoms with Gasteiger partial charge in [0.25, 0.3) is 0 Å². The summed E-state index contributed by atoms with van der Waals surface area (Å²) in [7, 11) is 0. The first-order valence-electron chi connectivity index (χ1n) is 7.65. The number of nitrogens with one attached hydrogen (secondary N) is 1. The molecule has 0 bridgehead atoms. The van der Waals surface area contributed by atoms with Gasteiger partial charge in [-0.05, 0) is 53.9 Å². The van der Waals surface area contributed by atoms with Crippen LogP contribution in [0.1, 0.15) is 51.0 Å². The first-order valence-corrected chi connectivity index (χ1v) is 8.44. The number of hydrogen-bond acceptors (Lipinski definition) is 3. The lowest BCUT2D eigenvalue weighted by Gasteiger charge is -2.16. The fourth-order valence-corrected chi connectivity index (χ4v) is 2.94. The summed E-state index contributed by atoms with van der Waals surface area (Å²) >= 11 is 3.60. The van der Waals surface area contributed by atoms with E-state index in [-0.39, 0.29) is 6.04 Å². The Bertz CT molecular complexity index is 579. The Kier molecular flexibility index (Phi) is 5.94. The van der Waals surface area contributed by atoms with Crippen molar-refractivity contribution in [3.63, 3.8) is 0 Å². The maximum absolute atomic E-state index is 4.46. The smallest absolute Gasteiger partial charge is 0.103 e.